The number of aliphatic carboxylic acids is 1. The minimum Gasteiger partial charge on any atom is -0.481 e. The summed E-state index contributed by atoms with van der Waals surface area (Å²) in [4.78, 5) is 23.6. The number of benzene rings is 2. The highest BCUT2D eigenvalue weighted by molar-refractivity contribution is 6.39. The van der Waals surface area contributed by atoms with Gasteiger partial charge in [-0.05, 0) is 17.7 Å². The van der Waals surface area contributed by atoms with E-state index in [9.17, 15) is 14.7 Å². The van der Waals surface area contributed by atoms with Crippen LogP contribution in [0.1, 0.15) is 21.8 Å². The first-order valence-electron chi connectivity index (χ1n) is 6.50. The normalized spacial score (nSPS) is 11.7. The van der Waals surface area contributed by atoms with Gasteiger partial charge >= 0.3 is 5.97 Å². The highest BCUT2D eigenvalue weighted by Gasteiger charge is 2.22. The Kier molecular flexibility index (Phi) is 5.41. The molecule has 1 atom stereocenters. The van der Waals surface area contributed by atoms with Crippen LogP contribution in [0.15, 0.2) is 48.5 Å². The summed E-state index contributed by atoms with van der Waals surface area (Å²) in [5, 5.41) is 12.3. The number of amides is 1. The summed E-state index contributed by atoms with van der Waals surface area (Å²) in [5.41, 5.74) is 0.753. The van der Waals surface area contributed by atoms with Crippen molar-refractivity contribution in [2.24, 2.45) is 0 Å². The van der Waals surface area contributed by atoms with E-state index in [1.807, 2.05) is 0 Å². The molecule has 0 aliphatic rings. The zero-order valence-corrected chi connectivity index (χ0v) is 12.9. The molecule has 4 nitrogen and oxygen atoms in total. The molecule has 0 fully saturated rings. The second-order valence-corrected chi connectivity index (χ2v) is 5.42. The van der Waals surface area contributed by atoms with Crippen LogP contribution in [0, 0.1) is 0 Å². The Morgan fingerprint density at radius 1 is 1.00 bits per heavy atom. The Labute approximate surface area is 137 Å². The Morgan fingerprint density at radius 2 is 1.59 bits per heavy atom. The van der Waals surface area contributed by atoms with Crippen LogP contribution in [0.3, 0.4) is 0 Å². The van der Waals surface area contributed by atoms with Crippen molar-refractivity contribution in [3.63, 3.8) is 0 Å². The molecule has 0 saturated carbocycles. The van der Waals surface area contributed by atoms with Gasteiger partial charge in [0.15, 0.2) is 0 Å². The molecule has 2 aromatic rings. The monoisotopic (exact) mass is 337 g/mol. The molecule has 0 radical (unpaired) electrons. The first kappa shape index (κ1) is 16.3. The van der Waals surface area contributed by atoms with Crippen LogP contribution in [0.4, 0.5) is 0 Å². The maximum absolute atomic E-state index is 12.2. The largest absolute Gasteiger partial charge is 0.481 e. The molecule has 0 spiro atoms. The zero-order valence-electron chi connectivity index (χ0n) is 11.4. The minimum absolute atomic E-state index is 0.0558. The van der Waals surface area contributed by atoms with E-state index in [0.717, 1.165) is 0 Å². The minimum atomic E-state index is -1.02. The summed E-state index contributed by atoms with van der Waals surface area (Å²) >= 11 is 11.9. The fraction of sp³-hybridized carbons (Fsp3) is 0.125. The van der Waals surface area contributed by atoms with Crippen LogP contribution in [-0.4, -0.2) is 23.5 Å². The van der Waals surface area contributed by atoms with Crippen molar-refractivity contribution in [2.45, 2.75) is 5.92 Å². The Hall–Kier alpha value is -2.04. The summed E-state index contributed by atoms with van der Waals surface area (Å²) in [5.74, 6) is -2.36. The highest BCUT2D eigenvalue weighted by Crippen LogP contribution is 2.24. The van der Waals surface area contributed by atoms with Crippen LogP contribution in [-0.2, 0) is 4.79 Å². The van der Waals surface area contributed by atoms with Gasteiger partial charge in [0.25, 0.3) is 5.91 Å². The van der Waals surface area contributed by atoms with Crippen molar-refractivity contribution in [1.29, 1.82) is 0 Å². The number of nitrogens with one attached hydrogen (secondary N) is 1. The van der Waals surface area contributed by atoms with Gasteiger partial charge in [-0.1, -0.05) is 59.6 Å². The molecule has 6 heteroatoms. The van der Waals surface area contributed by atoms with E-state index in [-0.39, 0.29) is 22.2 Å². The van der Waals surface area contributed by atoms with E-state index in [1.165, 1.54) is 0 Å². The second-order valence-electron chi connectivity index (χ2n) is 4.61. The lowest BCUT2D eigenvalue weighted by atomic mass is 9.99. The molecule has 0 heterocycles. The Morgan fingerprint density at radius 3 is 2.14 bits per heavy atom. The maximum Gasteiger partial charge on any atom is 0.312 e. The Bertz CT molecular complexity index is 669. The van der Waals surface area contributed by atoms with Gasteiger partial charge < -0.3 is 10.4 Å². The van der Waals surface area contributed by atoms with E-state index in [1.54, 1.807) is 48.5 Å². The second kappa shape index (κ2) is 7.29. The maximum atomic E-state index is 12.2. The number of carbonyl (C=O) groups is 2. The summed E-state index contributed by atoms with van der Waals surface area (Å²) in [6, 6.07) is 13.4. The molecule has 0 saturated heterocycles. The number of halogens is 2. The molecular weight excluding hydrogens is 325 g/mol. The molecule has 1 amide bonds. The van der Waals surface area contributed by atoms with Gasteiger partial charge in [-0.25, -0.2) is 0 Å². The quantitative estimate of drug-likeness (QED) is 0.876. The summed E-state index contributed by atoms with van der Waals surface area (Å²) in [6.07, 6.45) is 0. The van der Waals surface area contributed by atoms with Crippen molar-refractivity contribution < 1.29 is 14.7 Å². The predicted molar refractivity (Wildman–Crippen MR) is 85.6 cm³/mol. The molecule has 22 heavy (non-hydrogen) atoms. The molecule has 0 aliphatic carbocycles. The number of carbonyl (C=O) groups excluding carboxylic acids is 1. The van der Waals surface area contributed by atoms with Gasteiger partial charge in [-0.2, -0.15) is 0 Å². The lowest BCUT2D eigenvalue weighted by Gasteiger charge is -2.14. The van der Waals surface area contributed by atoms with E-state index in [2.05, 4.69) is 5.32 Å². The number of carboxylic acids is 1. The van der Waals surface area contributed by atoms with Gasteiger partial charge in [-0.3, -0.25) is 9.59 Å². The summed E-state index contributed by atoms with van der Waals surface area (Å²) < 4.78 is 0. The molecule has 0 aliphatic heterocycles. The average Bonchev–Trinajstić information content (AvgIpc) is 2.48. The van der Waals surface area contributed by atoms with Crippen LogP contribution < -0.4 is 5.32 Å². The van der Waals surface area contributed by atoms with Crippen LogP contribution >= 0.6 is 23.2 Å². The van der Waals surface area contributed by atoms with E-state index < -0.39 is 17.8 Å². The van der Waals surface area contributed by atoms with E-state index in [0.29, 0.717) is 5.56 Å². The number of hydrogen-bond acceptors (Lipinski definition) is 2. The lowest BCUT2D eigenvalue weighted by Crippen LogP contribution is -2.32. The molecule has 2 rings (SSSR count). The first-order chi connectivity index (χ1) is 10.5. The Balaban J connectivity index is 2.13. The van der Waals surface area contributed by atoms with Gasteiger partial charge in [0.05, 0.1) is 21.5 Å². The summed E-state index contributed by atoms with van der Waals surface area (Å²) in [7, 11) is 0. The zero-order chi connectivity index (χ0) is 16.1. The number of carboxylic acid groups (broad SMARTS) is 1. The fourth-order valence-corrected chi connectivity index (χ4v) is 2.60. The van der Waals surface area contributed by atoms with Gasteiger partial charge in [-0.15, -0.1) is 0 Å². The lowest BCUT2D eigenvalue weighted by molar-refractivity contribution is -0.138. The SMILES string of the molecule is O=C(NCC(C(=O)O)c1ccccc1)c1c(Cl)cccc1Cl. The van der Waals surface area contributed by atoms with Crippen molar-refractivity contribution in [3.05, 3.63) is 69.7 Å². The number of rotatable bonds is 5. The van der Waals surface area contributed by atoms with Gasteiger partial charge in [0, 0.05) is 6.54 Å². The molecular formula is C16H13Cl2NO3. The van der Waals surface area contributed by atoms with Crippen molar-refractivity contribution in [2.75, 3.05) is 6.54 Å². The molecule has 2 N–H and O–H groups in total. The van der Waals surface area contributed by atoms with Crippen molar-refractivity contribution in [1.82, 2.24) is 5.32 Å². The highest BCUT2D eigenvalue weighted by atomic mass is 35.5. The number of hydrogen-bond donors (Lipinski definition) is 2. The van der Waals surface area contributed by atoms with E-state index in [4.69, 9.17) is 23.2 Å². The molecule has 0 bridgehead atoms. The fourth-order valence-electron chi connectivity index (χ4n) is 2.03. The third kappa shape index (κ3) is 3.78. The van der Waals surface area contributed by atoms with Crippen LogP contribution in [0.25, 0.3) is 0 Å². The van der Waals surface area contributed by atoms with Crippen molar-refractivity contribution >= 4 is 35.1 Å². The predicted octanol–water partition coefficient (Wildman–Crippen LogP) is 3.59. The smallest absolute Gasteiger partial charge is 0.312 e. The standard InChI is InChI=1S/C16H13Cl2NO3/c17-12-7-4-8-13(18)14(12)15(20)19-9-11(16(21)22)10-5-2-1-3-6-10/h1-8,11H,9H2,(H,19,20)(H,21,22). The third-order valence-corrected chi connectivity index (χ3v) is 3.79. The molecule has 2 aromatic carbocycles. The van der Waals surface area contributed by atoms with Gasteiger partial charge in [0.2, 0.25) is 0 Å². The first-order valence-corrected chi connectivity index (χ1v) is 7.26. The van der Waals surface area contributed by atoms with E-state index >= 15 is 0 Å². The van der Waals surface area contributed by atoms with Gasteiger partial charge in [0.1, 0.15) is 0 Å². The van der Waals surface area contributed by atoms with Crippen LogP contribution in [0.5, 0.6) is 0 Å². The van der Waals surface area contributed by atoms with Crippen molar-refractivity contribution in [3.8, 4) is 0 Å². The summed E-state index contributed by atoms with van der Waals surface area (Å²) in [6.45, 7) is -0.0558. The molecule has 114 valence electrons. The average molecular weight is 338 g/mol. The third-order valence-electron chi connectivity index (χ3n) is 3.16. The van der Waals surface area contributed by atoms with Crippen LogP contribution in [0.2, 0.25) is 10.0 Å². The molecule has 1 unspecified atom stereocenters. The molecule has 0 aromatic heterocycles. The topological polar surface area (TPSA) is 66.4 Å².